The summed E-state index contributed by atoms with van der Waals surface area (Å²) in [5.74, 6) is -0.727. The molecule has 0 spiro atoms. The molecule has 0 saturated heterocycles. The quantitative estimate of drug-likeness (QED) is 0.750. The predicted molar refractivity (Wildman–Crippen MR) is 78.1 cm³/mol. The molecule has 0 atom stereocenters. The van der Waals surface area contributed by atoms with E-state index in [4.69, 9.17) is 0 Å². The summed E-state index contributed by atoms with van der Waals surface area (Å²) in [6.07, 6.45) is 0. The zero-order valence-corrected chi connectivity index (χ0v) is 11.7. The monoisotopic (exact) mass is 333 g/mol. The molecule has 0 aliphatic rings. The molecule has 0 aliphatic carbocycles. The molecule has 6 heteroatoms. The molecule has 1 heterocycles. The van der Waals surface area contributed by atoms with Crippen LogP contribution >= 0.6 is 15.9 Å². The van der Waals surface area contributed by atoms with Gasteiger partial charge in [0.2, 0.25) is 0 Å². The predicted octanol–water partition coefficient (Wildman–Crippen LogP) is 3.72. The van der Waals surface area contributed by atoms with E-state index in [2.05, 4.69) is 31.4 Å². The number of benzene rings is 2. The lowest BCUT2D eigenvalue weighted by atomic mass is 10.2. The van der Waals surface area contributed by atoms with Gasteiger partial charge in [-0.2, -0.15) is 5.10 Å². The normalized spacial score (nSPS) is 10.7. The van der Waals surface area contributed by atoms with Crippen molar-refractivity contribution in [2.45, 2.75) is 0 Å². The fourth-order valence-electron chi connectivity index (χ4n) is 1.91. The Morgan fingerprint density at radius 2 is 2.05 bits per heavy atom. The molecule has 4 nitrogen and oxygen atoms in total. The van der Waals surface area contributed by atoms with Crippen molar-refractivity contribution in [3.05, 3.63) is 58.4 Å². The maximum Gasteiger partial charge on any atom is 0.276 e. The maximum atomic E-state index is 13.0. The molecule has 0 aliphatic heterocycles. The van der Waals surface area contributed by atoms with Gasteiger partial charge in [0, 0.05) is 9.86 Å². The number of anilines is 1. The zero-order chi connectivity index (χ0) is 14.1. The van der Waals surface area contributed by atoms with Gasteiger partial charge in [0.1, 0.15) is 5.82 Å². The number of hydrogen-bond acceptors (Lipinski definition) is 2. The van der Waals surface area contributed by atoms with Crippen LogP contribution in [0.3, 0.4) is 0 Å². The molecular weight excluding hydrogens is 325 g/mol. The fourth-order valence-corrected chi connectivity index (χ4v) is 2.36. The van der Waals surface area contributed by atoms with Crippen LogP contribution in [0.2, 0.25) is 0 Å². The van der Waals surface area contributed by atoms with Crippen LogP contribution in [0.1, 0.15) is 10.5 Å². The first kappa shape index (κ1) is 12.8. The van der Waals surface area contributed by atoms with Crippen molar-refractivity contribution in [3.8, 4) is 0 Å². The van der Waals surface area contributed by atoms with Gasteiger partial charge in [-0.3, -0.25) is 9.89 Å². The molecule has 20 heavy (non-hydrogen) atoms. The standard InChI is InChI=1S/C14H9BrFN3O/c15-10-7-8(16)5-6-12(10)17-14(20)13-9-3-1-2-4-11(9)18-19-13/h1-7H,(H,17,20)(H,18,19). The third-order valence-corrected chi connectivity index (χ3v) is 3.52. The largest absolute Gasteiger partial charge is 0.320 e. The van der Waals surface area contributed by atoms with E-state index in [0.717, 1.165) is 10.9 Å². The Hall–Kier alpha value is -2.21. The molecule has 0 radical (unpaired) electrons. The van der Waals surface area contributed by atoms with E-state index in [-0.39, 0.29) is 11.7 Å². The number of carbonyl (C=O) groups is 1. The summed E-state index contributed by atoms with van der Waals surface area (Å²) >= 11 is 3.21. The van der Waals surface area contributed by atoms with Crippen molar-refractivity contribution in [1.29, 1.82) is 0 Å². The van der Waals surface area contributed by atoms with Crippen LogP contribution in [0.15, 0.2) is 46.9 Å². The lowest BCUT2D eigenvalue weighted by molar-refractivity contribution is 0.102. The Balaban J connectivity index is 1.93. The molecule has 0 fully saturated rings. The van der Waals surface area contributed by atoms with Gasteiger partial charge in [-0.15, -0.1) is 0 Å². The van der Waals surface area contributed by atoms with Crippen molar-refractivity contribution in [1.82, 2.24) is 10.2 Å². The average molecular weight is 334 g/mol. The molecule has 3 rings (SSSR count). The van der Waals surface area contributed by atoms with Crippen molar-refractivity contribution in [2.75, 3.05) is 5.32 Å². The van der Waals surface area contributed by atoms with Crippen LogP contribution < -0.4 is 5.32 Å². The Morgan fingerprint density at radius 3 is 2.85 bits per heavy atom. The lowest BCUT2D eigenvalue weighted by Crippen LogP contribution is -2.13. The first-order valence-electron chi connectivity index (χ1n) is 5.84. The number of rotatable bonds is 2. The molecule has 0 saturated carbocycles. The van der Waals surface area contributed by atoms with Gasteiger partial charge in [-0.25, -0.2) is 4.39 Å². The number of carbonyl (C=O) groups excluding carboxylic acids is 1. The Morgan fingerprint density at radius 1 is 1.25 bits per heavy atom. The van der Waals surface area contributed by atoms with E-state index in [1.165, 1.54) is 18.2 Å². The minimum Gasteiger partial charge on any atom is -0.320 e. The number of hydrogen-bond donors (Lipinski definition) is 2. The molecule has 1 amide bonds. The van der Waals surface area contributed by atoms with E-state index in [0.29, 0.717) is 15.9 Å². The number of H-pyrrole nitrogens is 1. The number of para-hydroxylation sites is 1. The second-order valence-corrected chi connectivity index (χ2v) is 5.05. The molecule has 2 N–H and O–H groups in total. The van der Waals surface area contributed by atoms with Gasteiger partial charge in [0.05, 0.1) is 11.2 Å². The van der Waals surface area contributed by atoms with Crippen LogP contribution in [-0.2, 0) is 0 Å². The third-order valence-electron chi connectivity index (χ3n) is 2.86. The highest BCUT2D eigenvalue weighted by molar-refractivity contribution is 9.10. The average Bonchev–Trinajstić information content (AvgIpc) is 2.86. The molecule has 0 unspecified atom stereocenters. The molecule has 0 bridgehead atoms. The summed E-state index contributed by atoms with van der Waals surface area (Å²) in [4.78, 5) is 12.2. The number of halogens is 2. The SMILES string of the molecule is O=C(Nc1ccc(F)cc1Br)c1n[nH]c2ccccc12. The van der Waals surface area contributed by atoms with Gasteiger partial charge >= 0.3 is 0 Å². The van der Waals surface area contributed by atoms with Crippen molar-refractivity contribution in [2.24, 2.45) is 0 Å². The first-order chi connectivity index (χ1) is 9.65. The molecule has 3 aromatic rings. The summed E-state index contributed by atoms with van der Waals surface area (Å²) in [7, 11) is 0. The minimum absolute atomic E-state index is 0.303. The van der Waals surface area contributed by atoms with Gasteiger partial charge in [0.15, 0.2) is 5.69 Å². The Labute approximate surface area is 122 Å². The number of aromatic nitrogens is 2. The van der Waals surface area contributed by atoms with E-state index in [9.17, 15) is 9.18 Å². The molecular formula is C14H9BrFN3O. The number of fused-ring (bicyclic) bond motifs is 1. The van der Waals surface area contributed by atoms with E-state index < -0.39 is 0 Å². The van der Waals surface area contributed by atoms with Crippen molar-refractivity contribution >= 4 is 38.4 Å². The Kier molecular flexibility index (Phi) is 3.23. The first-order valence-corrected chi connectivity index (χ1v) is 6.64. The summed E-state index contributed by atoms with van der Waals surface area (Å²) in [5.41, 5.74) is 1.58. The number of nitrogens with one attached hydrogen (secondary N) is 2. The summed E-state index contributed by atoms with van der Waals surface area (Å²) < 4.78 is 13.5. The number of nitrogens with zero attached hydrogens (tertiary/aromatic N) is 1. The second-order valence-electron chi connectivity index (χ2n) is 4.20. The fraction of sp³-hybridized carbons (Fsp3) is 0. The molecule has 2 aromatic carbocycles. The molecule has 100 valence electrons. The highest BCUT2D eigenvalue weighted by Gasteiger charge is 2.15. The topological polar surface area (TPSA) is 57.8 Å². The van der Waals surface area contributed by atoms with E-state index >= 15 is 0 Å². The van der Waals surface area contributed by atoms with Gasteiger partial charge in [0.25, 0.3) is 5.91 Å². The van der Waals surface area contributed by atoms with Crippen LogP contribution in [-0.4, -0.2) is 16.1 Å². The highest BCUT2D eigenvalue weighted by atomic mass is 79.9. The summed E-state index contributed by atoms with van der Waals surface area (Å²) in [5, 5.41) is 10.2. The van der Waals surface area contributed by atoms with Crippen molar-refractivity contribution in [3.63, 3.8) is 0 Å². The van der Waals surface area contributed by atoms with Gasteiger partial charge < -0.3 is 5.32 Å². The number of aromatic amines is 1. The maximum absolute atomic E-state index is 13.0. The smallest absolute Gasteiger partial charge is 0.276 e. The summed E-state index contributed by atoms with van der Waals surface area (Å²) in [6, 6.07) is 11.4. The van der Waals surface area contributed by atoms with E-state index in [1.807, 2.05) is 24.3 Å². The third kappa shape index (κ3) is 2.30. The van der Waals surface area contributed by atoms with E-state index in [1.54, 1.807) is 0 Å². The van der Waals surface area contributed by atoms with Crippen LogP contribution in [0.5, 0.6) is 0 Å². The van der Waals surface area contributed by atoms with Crippen LogP contribution in [0.4, 0.5) is 10.1 Å². The van der Waals surface area contributed by atoms with Crippen LogP contribution in [0, 0.1) is 5.82 Å². The summed E-state index contributed by atoms with van der Waals surface area (Å²) in [6.45, 7) is 0. The van der Waals surface area contributed by atoms with Crippen LogP contribution in [0.25, 0.3) is 10.9 Å². The molecule has 1 aromatic heterocycles. The van der Waals surface area contributed by atoms with Crippen molar-refractivity contribution < 1.29 is 9.18 Å². The van der Waals surface area contributed by atoms with Gasteiger partial charge in [-0.05, 0) is 40.2 Å². The Bertz CT molecular complexity index is 800. The highest BCUT2D eigenvalue weighted by Crippen LogP contribution is 2.24. The second kappa shape index (κ2) is 5.05. The van der Waals surface area contributed by atoms with Gasteiger partial charge in [-0.1, -0.05) is 18.2 Å². The lowest BCUT2D eigenvalue weighted by Gasteiger charge is -2.06. The zero-order valence-electron chi connectivity index (χ0n) is 10.2. The minimum atomic E-state index is -0.375. The number of amides is 1.